The predicted octanol–water partition coefficient (Wildman–Crippen LogP) is 0.838. The molecule has 0 spiro atoms. The van der Waals surface area contributed by atoms with E-state index in [2.05, 4.69) is 5.32 Å². The lowest BCUT2D eigenvalue weighted by atomic mass is 10.1. The average Bonchev–Trinajstić information content (AvgIpc) is 2.39. The number of ether oxygens (including phenoxy) is 1. The van der Waals surface area contributed by atoms with Crippen LogP contribution in [0, 0.1) is 0 Å². The number of rotatable bonds is 5. The molecule has 0 saturated heterocycles. The second kappa shape index (κ2) is 7.13. The van der Waals surface area contributed by atoms with Crippen LogP contribution < -0.4 is 10.1 Å². The molecule has 0 aliphatic heterocycles. The van der Waals surface area contributed by atoms with Crippen molar-refractivity contribution in [1.29, 1.82) is 0 Å². The van der Waals surface area contributed by atoms with Gasteiger partial charge in [0.25, 0.3) is 0 Å². The summed E-state index contributed by atoms with van der Waals surface area (Å²) in [5, 5.41) is 11.0. The number of nitrogens with zero attached hydrogens (tertiary/aromatic N) is 1. The van der Waals surface area contributed by atoms with Crippen molar-refractivity contribution >= 4 is 17.9 Å². The molecule has 1 rings (SSSR count). The smallest absolute Gasteiger partial charge is 0.326 e. The van der Waals surface area contributed by atoms with Gasteiger partial charge in [-0.25, -0.2) is 4.79 Å². The summed E-state index contributed by atoms with van der Waals surface area (Å²) in [5.74, 6) is -0.788. The van der Waals surface area contributed by atoms with Crippen LogP contribution >= 0.6 is 0 Å². The third-order valence-corrected chi connectivity index (χ3v) is 2.52. The van der Waals surface area contributed by atoms with Crippen molar-refractivity contribution in [3.05, 3.63) is 29.8 Å². The third kappa shape index (κ3) is 4.97. The van der Waals surface area contributed by atoms with Gasteiger partial charge in [-0.1, -0.05) is 12.1 Å². The molecule has 0 radical (unpaired) electrons. The molecule has 0 fully saturated rings. The Morgan fingerprint density at radius 3 is 2.35 bits per heavy atom. The van der Waals surface area contributed by atoms with Crippen LogP contribution in [0.15, 0.2) is 24.3 Å². The van der Waals surface area contributed by atoms with Crippen molar-refractivity contribution in [2.45, 2.75) is 13.3 Å². The lowest BCUT2D eigenvalue weighted by molar-refractivity contribution is -0.136. The van der Waals surface area contributed by atoms with Crippen molar-refractivity contribution in [1.82, 2.24) is 10.2 Å². The zero-order chi connectivity index (χ0) is 15.1. The summed E-state index contributed by atoms with van der Waals surface area (Å²) in [6.07, 6.45) is -0.0551. The highest BCUT2D eigenvalue weighted by Crippen LogP contribution is 2.12. The molecule has 0 unspecified atom stereocenters. The molecule has 3 amide bonds. The molecule has 108 valence electrons. The Kier molecular flexibility index (Phi) is 5.52. The zero-order valence-electron chi connectivity index (χ0n) is 11.3. The summed E-state index contributed by atoms with van der Waals surface area (Å²) in [4.78, 5) is 33.8. The fourth-order valence-corrected chi connectivity index (χ4v) is 1.32. The molecule has 0 atom stereocenters. The first-order chi connectivity index (χ1) is 9.40. The summed E-state index contributed by atoms with van der Waals surface area (Å²) in [7, 11) is 1.36. The Bertz CT molecular complexity index is 498. The minimum absolute atomic E-state index is 0.0551. The number of hydrogen-bond donors (Lipinski definition) is 2. The molecule has 1 aromatic rings. The van der Waals surface area contributed by atoms with Crippen molar-refractivity contribution < 1.29 is 24.2 Å². The number of aliphatic carboxylic acids is 1. The van der Waals surface area contributed by atoms with Gasteiger partial charge in [0.15, 0.2) is 6.73 Å². The summed E-state index contributed by atoms with van der Waals surface area (Å²) >= 11 is 0. The molecule has 7 nitrogen and oxygen atoms in total. The number of carbonyl (C=O) groups is 3. The Labute approximate surface area is 116 Å². The van der Waals surface area contributed by atoms with Gasteiger partial charge in [0.05, 0.1) is 6.42 Å². The van der Waals surface area contributed by atoms with E-state index >= 15 is 0 Å². The number of urea groups is 1. The van der Waals surface area contributed by atoms with Crippen molar-refractivity contribution in [2.24, 2.45) is 0 Å². The highest BCUT2D eigenvalue weighted by Gasteiger charge is 2.11. The van der Waals surface area contributed by atoms with Gasteiger partial charge in [0, 0.05) is 14.0 Å². The first kappa shape index (κ1) is 15.5. The number of imide groups is 1. The molecule has 0 heterocycles. The maximum Gasteiger partial charge on any atom is 0.326 e. The van der Waals surface area contributed by atoms with Gasteiger partial charge in [-0.05, 0) is 17.7 Å². The Hall–Kier alpha value is -2.57. The van der Waals surface area contributed by atoms with Gasteiger partial charge < -0.3 is 15.2 Å². The molecule has 0 aliphatic carbocycles. The fourth-order valence-electron chi connectivity index (χ4n) is 1.32. The zero-order valence-corrected chi connectivity index (χ0v) is 11.3. The van der Waals surface area contributed by atoms with Gasteiger partial charge in [-0.2, -0.15) is 0 Å². The van der Waals surface area contributed by atoms with Gasteiger partial charge in [0.1, 0.15) is 5.75 Å². The van der Waals surface area contributed by atoms with Crippen molar-refractivity contribution in [2.75, 3.05) is 13.8 Å². The van der Waals surface area contributed by atoms with E-state index in [0.717, 1.165) is 4.90 Å². The largest absolute Gasteiger partial charge is 0.481 e. The van der Waals surface area contributed by atoms with Gasteiger partial charge in [0.2, 0.25) is 5.91 Å². The molecule has 7 heteroatoms. The minimum Gasteiger partial charge on any atom is -0.481 e. The van der Waals surface area contributed by atoms with Crippen LogP contribution in [0.25, 0.3) is 0 Å². The monoisotopic (exact) mass is 280 g/mol. The number of carbonyl (C=O) groups excluding carboxylic acids is 2. The summed E-state index contributed by atoms with van der Waals surface area (Å²) < 4.78 is 5.25. The molecule has 0 aliphatic rings. The SMILES string of the molecule is CC(=O)N(C)C(=O)NCOc1ccc(CC(=O)O)cc1. The van der Waals surface area contributed by atoms with Crippen molar-refractivity contribution in [3.8, 4) is 5.75 Å². The van der Waals surface area contributed by atoms with E-state index in [1.165, 1.54) is 14.0 Å². The van der Waals surface area contributed by atoms with E-state index in [1.807, 2.05) is 0 Å². The summed E-state index contributed by atoms with van der Waals surface area (Å²) in [6, 6.07) is 5.93. The van der Waals surface area contributed by atoms with Gasteiger partial charge in [-0.3, -0.25) is 14.5 Å². The Balaban J connectivity index is 2.41. The first-order valence-electron chi connectivity index (χ1n) is 5.86. The van der Waals surface area contributed by atoms with E-state index in [-0.39, 0.29) is 19.1 Å². The van der Waals surface area contributed by atoms with E-state index in [0.29, 0.717) is 11.3 Å². The van der Waals surface area contributed by atoms with Gasteiger partial charge >= 0.3 is 12.0 Å². The average molecular weight is 280 g/mol. The van der Waals surface area contributed by atoms with Crippen LogP contribution in [0.3, 0.4) is 0 Å². The third-order valence-electron chi connectivity index (χ3n) is 2.52. The van der Waals surface area contributed by atoms with Crippen LogP contribution in [0.5, 0.6) is 5.75 Å². The molecule has 1 aromatic carbocycles. The number of nitrogens with one attached hydrogen (secondary N) is 1. The molecule has 0 aromatic heterocycles. The summed E-state index contributed by atoms with van der Waals surface area (Å²) in [5.41, 5.74) is 0.658. The number of benzene rings is 1. The number of amides is 3. The van der Waals surface area contributed by atoms with Gasteiger partial charge in [-0.15, -0.1) is 0 Å². The molecule has 20 heavy (non-hydrogen) atoms. The topological polar surface area (TPSA) is 95.9 Å². The van der Waals surface area contributed by atoms with E-state index in [1.54, 1.807) is 24.3 Å². The second-order valence-corrected chi connectivity index (χ2v) is 4.06. The Morgan fingerprint density at radius 2 is 1.85 bits per heavy atom. The normalized spacial score (nSPS) is 9.70. The quantitative estimate of drug-likeness (QED) is 0.779. The highest BCUT2D eigenvalue weighted by molar-refractivity contribution is 5.92. The lowest BCUT2D eigenvalue weighted by Crippen LogP contribution is -2.41. The van der Waals surface area contributed by atoms with Crippen LogP contribution in [0.4, 0.5) is 4.79 Å². The standard InChI is InChI=1S/C13H16N2O5/c1-9(16)15(2)13(19)14-8-20-11-5-3-10(4-6-11)7-12(17)18/h3-6H,7-8H2,1-2H3,(H,14,19)(H,17,18). The van der Waals surface area contributed by atoms with E-state index < -0.39 is 12.0 Å². The molecular formula is C13H16N2O5. The number of carboxylic acid groups (broad SMARTS) is 1. The highest BCUT2D eigenvalue weighted by atomic mass is 16.5. The molecule has 0 saturated carbocycles. The number of carboxylic acids is 1. The first-order valence-corrected chi connectivity index (χ1v) is 5.86. The van der Waals surface area contributed by atoms with Crippen molar-refractivity contribution in [3.63, 3.8) is 0 Å². The Morgan fingerprint density at radius 1 is 1.25 bits per heavy atom. The lowest BCUT2D eigenvalue weighted by Gasteiger charge is -2.14. The molecule has 0 bridgehead atoms. The predicted molar refractivity (Wildman–Crippen MR) is 70.3 cm³/mol. The summed E-state index contributed by atoms with van der Waals surface area (Å²) in [6.45, 7) is 1.19. The van der Waals surface area contributed by atoms with E-state index in [4.69, 9.17) is 9.84 Å². The van der Waals surface area contributed by atoms with E-state index in [9.17, 15) is 14.4 Å². The second-order valence-electron chi connectivity index (χ2n) is 4.06. The maximum absolute atomic E-state index is 11.4. The van der Waals surface area contributed by atoms with Crippen LogP contribution in [0.1, 0.15) is 12.5 Å². The minimum atomic E-state index is -0.904. The molecule has 2 N–H and O–H groups in total. The fraction of sp³-hybridized carbons (Fsp3) is 0.308. The van der Waals surface area contributed by atoms with Crippen LogP contribution in [-0.2, 0) is 16.0 Å². The van der Waals surface area contributed by atoms with Crippen LogP contribution in [-0.4, -0.2) is 41.7 Å². The number of hydrogen-bond acceptors (Lipinski definition) is 4. The molecular weight excluding hydrogens is 264 g/mol. The van der Waals surface area contributed by atoms with Crippen LogP contribution in [0.2, 0.25) is 0 Å². The maximum atomic E-state index is 11.4.